The molecule has 2 rings (SSSR count). The lowest BCUT2D eigenvalue weighted by Crippen LogP contribution is -1.96. The van der Waals surface area contributed by atoms with Crippen LogP contribution in [0.2, 0.25) is 0 Å². The average Bonchev–Trinajstić information content (AvgIpc) is 2.30. The van der Waals surface area contributed by atoms with Crippen LogP contribution in [0.1, 0.15) is 16.0 Å². The Morgan fingerprint density at radius 1 is 0.889 bits per heavy atom. The molecule has 0 saturated heterocycles. The number of benzene rings is 2. The zero-order valence-corrected chi connectivity index (χ0v) is 13.7. The van der Waals surface area contributed by atoms with Gasteiger partial charge in [0.05, 0.1) is 4.83 Å². The number of alkyl halides is 1. The summed E-state index contributed by atoms with van der Waals surface area (Å²) in [5.74, 6) is -1.17. The van der Waals surface area contributed by atoms with Gasteiger partial charge in [-0.15, -0.1) is 0 Å². The molecule has 0 spiro atoms. The first-order valence-corrected chi connectivity index (χ1v) is 7.52. The van der Waals surface area contributed by atoms with Crippen molar-refractivity contribution in [3.63, 3.8) is 0 Å². The molecule has 0 N–H and O–H groups in total. The fourth-order valence-electron chi connectivity index (χ4n) is 1.61. The lowest BCUT2D eigenvalue weighted by Gasteiger charge is -2.13. The molecule has 0 aliphatic heterocycles. The zero-order valence-electron chi connectivity index (χ0n) is 8.93. The Morgan fingerprint density at radius 2 is 1.50 bits per heavy atom. The maximum atomic E-state index is 13.2. The third kappa shape index (κ3) is 3.19. The molecule has 0 aliphatic rings. The van der Waals surface area contributed by atoms with Gasteiger partial charge >= 0.3 is 0 Å². The van der Waals surface area contributed by atoms with Crippen molar-refractivity contribution >= 4 is 47.8 Å². The van der Waals surface area contributed by atoms with Gasteiger partial charge in [0.25, 0.3) is 0 Å². The van der Waals surface area contributed by atoms with Gasteiger partial charge in [0.2, 0.25) is 0 Å². The summed E-state index contributed by atoms with van der Waals surface area (Å²) in [5, 5.41) is 0. The van der Waals surface area contributed by atoms with Gasteiger partial charge in [-0.2, -0.15) is 0 Å². The summed E-state index contributed by atoms with van der Waals surface area (Å²) in [6.45, 7) is 0. The molecular formula is C13H7Br3F2. The van der Waals surface area contributed by atoms with Gasteiger partial charge in [0.1, 0.15) is 11.6 Å². The van der Waals surface area contributed by atoms with Crippen molar-refractivity contribution < 1.29 is 8.78 Å². The summed E-state index contributed by atoms with van der Waals surface area (Å²) < 4.78 is 28.2. The van der Waals surface area contributed by atoms with E-state index < -0.39 is 11.6 Å². The van der Waals surface area contributed by atoms with E-state index in [2.05, 4.69) is 47.8 Å². The van der Waals surface area contributed by atoms with E-state index in [0.717, 1.165) is 20.6 Å². The highest BCUT2D eigenvalue weighted by Crippen LogP contribution is 2.37. The SMILES string of the molecule is Fc1cc(F)cc(C(Br)c2cc(Br)ccc2Br)c1. The van der Waals surface area contributed by atoms with Crippen LogP contribution in [-0.4, -0.2) is 0 Å². The number of halogens is 5. The lowest BCUT2D eigenvalue weighted by atomic mass is 10.0. The summed E-state index contributed by atoms with van der Waals surface area (Å²) in [7, 11) is 0. The predicted molar refractivity (Wildman–Crippen MR) is 79.0 cm³/mol. The van der Waals surface area contributed by atoms with E-state index in [1.165, 1.54) is 12.1 Å². The summed E-state index contributed by atoms with van der Waals surface area (Å²) in [6, 6.07) is 9.15. The van der Waals surface area contributed by atoms with E-state index in [1.807, 2.05) is 18.2 Å². The van der Waals surface area contributed by atoms with Crippen LogP contribution >= 0.6 is 47.8 Å². The van der Waals surface area contributed by atoms with Crippen LogP contribution in [0.5, 0.6) is 0 Å². The molecule has 1 atom stereocenters. The van der Waals surface area contributed by atoms with Crippen molar-refractivity contribution in [2.45, 2.75) is 4.83 Å². The molecule has 18 heavy (non-hydrogen) atoms. The van der Waals surface area contributed by atoms with Crippen LogP contribution in [0, 0.1) is 11.6 Å². The highest BCUT2D eigenvalue weighted by Gasteiger charge is 2.15. The van der Waals surface area contributed by atoms with E-state index in [9.17, 15) is 8.78 Å². The summed E-state index contributed by atoms with van der Waals surface area (Å²) >= 11 is 10.3. The second-order valence-corrected chi connectivity index (χ2v) is 6.42. The fourth-order valence-corrected chi connectivity index (χ4v) is 3.41. The van der Waals surface area contributed by atoms with Crippen LogP contribution in [0.3, 0.4) is 0 Å². The zero-order chi connectivity index (χ0) is 13.3. The molecule has 2 aromatic carbocycles. The third-order valence-electron chi connectivity index (χ3n) is 2.41. The number of rotatable bonds is 2. The minimum Gasteiger partial charge on any atom is -0.207 e. The van der Waals surface area contributed by atoms with Gasteiger partial charge in [-0.05, 0) is 41.5 Å². The second-order valence-electron chi connectivity index (χ2n) is 3.73. The van der Waals surface area contributed by atoms with E-state index in [4.69, 9.17) is 0 Å². The van der Waals surface area contributed by atoms with Crippen molar-refractivity contribution in [2.24, 2.45) is 0 Å². The lowest BCUT2D eigenvalue weighted by molar-refractivity contribution is 0.580. The summed E-state index contributed by atoms with van der Waals surface area (Å²) in [5.41, 5.74) is 1.43. The molecule has 94 valence electrons. The molecule has 0 aromatic heterocycles. The molecule has 0 bridgehead atoms. The molecule has 2 aromatic rings. The van der Waals surface area contributed by atoms with Crippen LogP contribution in [0.15, 0.2) is 45.3 Å². The van der Waals surface area contributed by atoms with Crippen LogP contribution < -0.4 is 0 Å². The first-order valence-electron chi connectivity index (χ1n) is 5.02. The topological polar surface area (TPSA) is 0 Å². The van der Waals surface area contributed by atoms with Gasteiger partial charge in [0, 0.05) is 15.0 Å². The Hall–Kier alpha value is -0.260. The van der Waals surface area contributed by atoms with Crippen molar-refractivity contribution in [3.05, 3.63) is 68.1 Å². The Bertz CT molecular complexity index is 564. The minimum atomic E-state index is -0.583. The maximum Gasteiger partial charge on any atom is 0.126 e. The van der Waals surface area contributed by atoms with E-state index in [1.54, 1.807) is 0 Å². The second kappa shape index (κ2) is 5.80. The molecule has 0 heterocycles. The molecule has 0 radical (unpaired) electrons. The van der Waals surface area contributed by atoms with Crippen molar-refractivity contribution in [2.75, 3.05) is 0 Å². The first kappa shape index (κ1) is 14.2. The Labute approximate surface area is 129 Å². The molecule has 0 fully saturated rings. The normalized spacial score (nSPS) is 12.5. The number of hydrogen-bond acceptors (Lipinski definition) is 0. The highest BCUT2D eigenvalue weighted by molar-refractivity contribution is 9.11. The molecule has 1 unspecified atom stereocenters. The van der Waals surface area contributed by atoms with E-state index in [-0.39, 0.29) is 4.83 Å². The van der Waals surface area contributed by atoms with Gasteiger partial charge in [0.15, 0.2) is 0 Å². The monoisotopic (exact) mass is 438 g/mol. The Morgan fingerprint density at radius 3 is 2.11 bits per heavy atom. The van der Waals surface area contributed by atoms with Gasteiger partial charge in [-0.25, -0.2) is 8.78 Å². The van der Waals surface area contributed by atoms with Crippen molar-refractivity contribution in [1.82, 2.24) is 0 Å². The molecule has 0 nitrogen and oxygen atoms in total. The maximum absolute atomic E-state index is 13.2. The predicted octanol–water partition coefficient (Wildman–Crippen LogP) is 5.97. The van der Waals surface area contributed by atoms with Gasteiger partial charge in [-0.1, -0.05) is 47.8 Å². The molecular weight excluding hydrogens is 434 g/mol. The van der Waals surface area contributed by atoms with Crippen molar-refractivity contribution in [1.29, 1.82) is 0 Å². The highest BCUT2D eigenvalue weighted by atomic mass is 79.9. The standard InChI is InChI=1S/C13H7Br3F2/c14-8-1-2-12(15)11(5-8)13(16)7-3-9(17)6-10(18)4-7/h1-6,13H. The van der Waals surface area contributed by atoms with Gasteiger partial charge in [-0.3, -0.25) is 0 Å². The van der Waals surface area contributed by atoms with E-state index >= 15 is 0 Å². The molecule has 0 aliphatic carbocycles. The summed E-state index contributed by atoms with van der Waals surface area (Å²) in [6.07, 6.45) is 0. The first-order chi connectivity index (χ1) is 8.47. The summed E-state index contributed by atoms with van der Waals surface area (Å²) in [4.78, 5) is -0.283. The smallest absolute Gasteiger partial charge is 0.126 e. The third-order valence-corrected chi connectivity index (χ3v) is 4.65. The van der Waals surface area contributed by atoms with Crippen LogP contribution in [0.25, 0.3) is 0 Å². The molecule has 0 saturated carbocycles. The minimum absolute atomic E-state index is 0.283. The van der Waals surface area contributed by atoms with Crippen molar-refractivity contribution in [3.8, 4) is 0 Å². The quantitative estimate of drug-likeness (QED) is 0.504. The van der Waals surface area contributed by atoms with Crippen LogP contribution in [0.4, 0.5) is 8.78 Å². The molecule has 5 heteroatoms. The van der Waals surface area contributed by atoms with Gasteiger partial charge < -0.3 is 0 Å². The van der Waals surface area contributed by atoms with Crippen LogP contribution in [-0.2, 0) is 0 Å². The average molecular weight is 441 g/mol. The molecule has 0 amide bonds. The van der Waals surface area contributed by atoms with E-state index in [0.29, 0.717) is 5.56 Å². The Balaban J connectivity index is 2.47. The largest absolute Gasteiger partial charge is 0.207 e. The fraction of sp³-hybridized carbons (Fsp3) is 0.0769. The number of hydrogen-bond donors (Lipinski definition) is 0. The Kier molecular flexibility index (Phi) is 4.56.